The molecule has 4 rings (SSSR count). The number of carboxylic acid groups (broad SMARTS) is 2. The monoisotopic (exact) mass is 408 g/mol. The summed E-state index contributed by atoms with van der Waals surface area (Å²) in [6.07, 6.45) is 0. The molecular weight excluding hydrogens is 388 g/mol. The normalized spacial score (nSPS) is 10.7. The molecule has 0 amide bonds. The van der Waals surface area contributed by atoms with E-state index in [0.29, 0.717) is 0 Å². The Morgan fingerprint density at radius 3 is 1.23 bits per heavy atom. The van der Waals surface area contributed by atoms with Gasteiger partial charge in [0, 0.05) is 5.92 Å². The molecule has 0 atom stereocenters. The first kappa shape index (κ1) is 20.1. The zero-order valence-corrected chi connectivity index (χ0v) is 16.6. The molecule has 0 bridgehead atoms. The quantitative estimate of drug-likeness (QED) is 0.388. The number of hydrogen-bond donors (Lipinski definition) is 2. The second-order valence-electron chi connectivity index (χ2n) is 7.28. The first-order valence-corrected chi connectivity index (χ1v) is 9.85. The van der Waals surface area contributed by atoms with E-state index in [1.165, 1.54) is 0 Å². The smallest absolute Gasteiger partial charge is 0.335 e. The highest BCUT2D eigenvalue weighted by molar-refractivity contribution is 5.88. The van der Waals surface area contributed by atoms with Gasteiger partial charge in [-0.2, -0.15) is 0 Å². The van der Waals surface area contributed by atoms with E-state index in [-0.39, 0.29) is 17.0 Å². The van der Waals surface area contributed by atoms with Gasteiger partial charge in [0.2, 0.25) is 0 Å². The van der Waals surface area contributed by atoms with Crippen molar-refractivity contribution in [1.29, 1.82) is 0 Å². The predicted octanol–water partition coefficient (Wildman–Crippen LogP) is 5.93. The Balaban J connectivity index is 1.76. The van der Waals surface area contributed by atoms with Crippen LogP contribution in [-0.2, 0) is 0 Å². The molecule has 0 aliphatic rings. The van der Waals surface area contributed by atoms with Crippen LogP contribution < -0.4 is 0 Å². The lowest BCUT2D eigenvalue weighted by atomic mass is 9.84. The fourth-order valence-corrected chi connectivity index (χ4v) is 3.71. The molecule has 4 aromatic carbocycles. The first-order valence-electron chi connectivity index (χ1n) is 9.85. The summed E-state index contributed by atoms with van der Waals surface area (Å²) in [7, 11) is 0. The summed E-state index contributed by atoms with van der Waals surface area (Å²) in [5.74, 6) is -2.10. The van der Waals surface area contributed by atoms with Crippen LogP contribution in [0, 0.1) is 0 Å². The Morgan fingerprint density at radius 1 is 0.484 bits per heavy atom. The van der Waals surface area contributed by atoms with E-state index in [1.54, 1.807) is 24.3 Å². The Morgan fingerprint density at radius 2 is 0.839 bits per heavy atom. The molecule has 0 fully saturated rings. The molecule has 0 unspecified atom stereocenters. The molecule has 0 saturated heterocycles. The van der Waals surface area contributed by atoms with E-state index in [0.717, 1.165) is 27.8 Å². The number of hydrogen-bond acceptors (Lipinski definition) is 2. The van der Waals surface area contributed by atoms with Crippen LogP contribution in [-0.4, -0.2) is 22.2 Å². The Kier molecular flexibility index (Phi) is 5.63. The van der Waals surface area contributed by atoms with Gasteiger partial charge in [0.15, 0.2) is 0 Å². The minimum Gasteiger partial charge on any atom is -0.478 e. The SMILES string of the molecule is O=C(O)c1ccc(C(c2ccc(C(=O)O)cc2)c2ccc(-c3ccccc3)cc2)cc1. The molecule has 0 aliphatic heterocycles. The van der Waals surface area contributed by atoms with Gasteiger partial charge >= 0.3 is 11.9 Å². The van der Waals surface area contributed by atoms with Crippen LogP contribution in [0.3, 0.4) is 0 Å². The minimum absolute atomic E-state index is 0.157. The summed E-state index contributed by atoms with van der Waals surface area (Å²) in [4.78, 5) is 22.5. The van der Waals surface area contributed by atoms with E-state index in [9.17, 15) is 19.8 Å². The van der Waals surface area contributed by atoms with Crippen molar-refractivity contribution < 1.29 is 19.8 Å². The van der Waals surface area contributed by atoms with Crippen LogP contribution in [0.4, 0.5) is 0 Å². The van der Waals surface area contributed by atoms with Crippen molar-refractivity contribution in [2.75, 3.05) is 0 Å². The van der Waals surface area contributed by atoms with Crippen LogP contribution in [0.5, 0.6) is 0 Å². The largest absolute Gasteiger partial charge is 0.478 e. The van der Waals surface area contributed by atoms with E-state index in [2.05, 4.69) is 36.4 Å². The second-order valence-corrected chi connectivity index (χ2v) is 7.28. The third-order valence-corrected chi connectivity index (χ3v) is 5.33. The molecule has 0 heterocycles. The topological polar surface area (TPSA) is 74.6 Å². The van der Waals surface area contributed by atoms with Crippen LogP contribution in [0.15, 0.2) is 103 Å². The molecule has 4 aromatic rings. The van der Waals surface area contributed by atoms with Gasteiger partial charge in [-0.05, 0) is 52.1 Å². The minimum atomic E-state index is -0.971. The molecular formula is C27H20O4. The molecule has 0 saturated carbocycles. The van der Waals surface area contributed by atoms with Crippen molar-refractivity contribution in [2.24, 2.45) is 0 Å². The van der Waals surface area contributed by atoms with Gasteiger partial charge in [0.05, 0.1) is 11.1 Å². The number of rotatable bonds is 6. The molecule has 4 nitrogen and oxygen atoms in total. The number of aromatic carboxylic acids is 2. The van der Waals surface area contributed by atoms with Gasteiger partial charge in [0.25, 0.3) is 0 Å². The molecule has 0 aromatic heterocycles. The maximum absolute atomic E-state index is 11.2. The van der Waals surface area contributed by atoms with Crippen LogP contribution in [0.25, 0.3) is 11.1 Å². The van der Waals surface area contributed by atoms with Crippen molar-refractivity contribution >= 4 is 11.9 Å². The molecule has 0 radical (unpaired) electrons. The first-order chi connectivity index (χ1) is 15.0. The van der Waals surface area contributed by atoms with Crippen LogP contribution >= 0.6 is 0 Å². The predicted molar refractivity (Wildman–Crippen MR) is 120 cm³/mol. The maximum Gasteiger partial charge on any atom is 0.335 e. The summed E-state index contributed by atoms with van der Waals surface area (Å²) in [6, 6.07) is 31.9. The lowest BCUT2D eigenvalue weighted by Crippen LogP contribution is -2.05. The molecule has 31 heavy (non-hydrogen) atoms. The van der Waals surface area contributed by atoms with Gasteiger partial charge in [-0.1, -0.05) is 78.9 Å². The summed E-state index contributed by atoms with van der Waals surface area (Å²) in [5.41, 5.74) is 5.57. The average molecular weight is 408 g/mol. The summed E-state index contributed by atoms with van der Waals surface area (Å²) < 4.78 is 0. The van der Waals surface area contributed by atoms with E-state index in [1.807, 2.05) is 42.5 Å². The van der Waals surface area contributed by atoms with Gasteiger partial charge in [-0.15, -0.1) is 0 Å². The Hall–Kier alpha value is -4.18. The van der Waals surface area contributed by atoms with Crippen LogP contribution in [0.2, 0.25) is 0 Å². The highest BCUT2D eigenvalue weighted by Crippen LogP contribution is 2.33. The van der Waals surface area contributed by atoms with Crippen molar-refractivity contribution in [2.45, 2.75) is 5.92 Å². The third kappa shape index (κ3) is 4.38. The number of benzene rings is 4. The zero-order valence-electron chi connectivity index (χ0n) is 16.6. The van der Waals surface area contributed by atoms with Gasteiger partial charge < -0.3 is 10.2 Å². The van der Waals surface area contributed by atoms with Crippen molar-refractivity contribution in [3.8, 4) is 11.1 Å². The van der Waals surface area contributed by atoms with Crippen molar-refractivity contribution in [3.63, 3.8) is 0 Å². The fourth-order valence-electron chi connectivity index (χ4n) is 3.71. The van der Waals surface area contributed by atoms with Crippen molar-refractivity contribution in [1.82, 2.24) is 0 Å². The summed E-state index contributed by atoms with van der Waals surface area (Å²) in [5, 5.41) is 18.4. The average Bonchev–Trinajstić information content (AvgIpc) is 2.81. The maximum atomic E-state index is 11.2. The summed E-state index contributed by atoms with van der Waals surface area (Å²) >= 11 is 0. The molecule has 4 heteroatoms. The highest BCUT2D eigenvalue weighted by atomic mass is 16.4. The van der Waals surface area contributed by atoms with E-state index in [4.69, 9.17) is 0 Å². The number of carbonyl (C=O) groups is 2. The lowest BCUT2D eigenvalue weighted by molar-refractivity contribution is 0.0686. The third-order valence-electron chi connectivity index (χ3n) is 5.33. The van der Waals surface area contributed by atoms with E-state index < -0.39 is 11.9 Å². The van der Waals surface area contributed by atoms with Crippen LogP contribution in [0.1, 0.15) is 43.3 Å². The Bertz CT molecular complexity index is 1140. The Labute approximate surface area is 180 Å². The van der Waals surface area contributed by atoms with Gasteiger partial charge in [0.1, 0.15) is 0 Å². The second kappa shape index (κ2) is 8.67. The highest BCUT2D eigenvalue weighted by Gasteiger charge is 2.18. The number of carboxylic acids is 2. The van der Waals surface area contributed by atoms with E-state index >= 15 is 0 Å². The van der Waals surface area contributed by atoms with Crippen molar-refractivity contribution in [3.05, 3.63) is 131 Å². The van der Waals surface area contributed by atoms with Gasteiger partial charge in [-0.25, -0.2) is 9.59 Å². The standard InChI is InChI=1S/C27H20O4/c28-26(29)23-14-10-21(11-15-23)25(22-12-16-24(17-13-22)27(30)31)20-8-6-19(7-9-20)18-4-2-1-3-5-18/h1-17,25H,(H,28,29)(H,30,31). The molecule has 2 N–H and O–H groups in total. The fraction of sp³-hybridized carbons (Fsp3) is 0.0370. The molecule has 0 spiro atoms. The molecule has 152 valence electrons. The summed E-state index contributed by atoms with van der Waals surface area (Å²) in [6.45, 7) is 0. The lowest BCUT2D eigenvalue weighted by Gasteiger charge is -2.20. The molecule has 0 aliphatic carbocycles. The zero-order chi connectivity index (χ0) is 21.8. The van der Waals surface area contributed by atoms with Gasteiger partial charge in [-0.3, -0.25) is 0 Å².